The number of rotatable bonds is 6. The van der Waals surface area contributed by atoms with Gasteiger partial charge in [0.25, 0.3) is 0 Å². The SMILES string of the molecule is COc1cc(/C=C(\C#N)c2ccc(Cl)cc2Cl)cc(Br)c1OCc1cccc2ccccc12. The quantitative estimate of drug-likeness (QED) is 0.182. The molecular weight excluding hydrogens is 521 g/mol. The Morgan fingerprint density at radius 2 is 1.82 bits per heavy atom. The first-order chi connectivity index (χ1) is 16.0. The van der Waals surface area contributed by atoms with E-state index in [1.807, 2.05) is 30.3 Å². The van der Waals surface area contributed by atoms with E-state index in [0.29, 0.717) is 43.8 Å². The predicted octanol–water partition coefficient (Wildman–Crippen LogP) is 8.56. The van der Waals surface area contributed by atoms with Gasteiger partial charge in [0.05, 0.1) is 28.2 Å². The fraction of sp³-hybridized carbons (Fsp3) is 0.0741. The number of hydrogen-bond acceptors (Lipinski definition) is 3. The molecular formula is C27H18BrCl2NO2. The third kappa shape index (κ3) is 5.17. The van der Waals surface area contributed by atoms with Crippen molar-refractivity contribution in [2.24, 2.45) is 0 Å². The molecule has 0 unspecified atom stereocenters. The summed E-state index contributed by atoms with van der Waals surface area (Å²) >= 11 is 15.9. The summed E-state index contributed by atoms with van der Waals surface area (Å²) in [6.07, 6.45) is 1.75. The first kappa shape index (κ1) is 23.2. The van der Waals surface area contributed by atoms with Crippen LogP contribution in [0.4, 0.5) is 0 Å². The Hall–Kier alpha value is -2.97. The van der Waals surface area contributed by atoms with Crippen molar-refractivity contribution in [3.8, 4) is 17.6 Å². The van der Waals surface area contributed by atoms with Crippen molar-refractivity contribution in [1.29, 1.82) is 5.26 Å². The summed E-state index contributed by atoms with van der Waals surface area (Å²) < 4.78 is 12.5. The van der Waals surface area contributed by atoms with Crippen molar-refractivity contribution in [3.05, 3.63) is 104 Å². The van der Waals surface area contributed by atoms with Crippen LogP contribution in [-0.2, 0) is 6.61 Å². The van der Waals surface area contributed by atoms with Crippen LogP contribution >= 0.6 is 39.1 Å². The molecule has 0 radical (unpaired) electrons. The highest BCUT2D eigenvalue weighted by Crippen LogP contribution is 2.39. The molecule has 33 heavy (non-hydrogen) atoms. The number of fused-ring (bicyclic) bond motifs is 1. The molecule has 164 valence electrons. The lowest BCUT2D eigenvalue weighted by Crippen LogP contribution is -2.00. The molecule has 0 N–H and O–H groups in total. The summed E-state index contributed by atoms with van der Waals surface area (Å²) in [5.41, 5.74) is 2.86. The highest BCUT2D eigenvalue weighted by Gasteiger charge is 2.14. The second-order valence-corrected chi connectivity index (χ2v) is 8.95. The van der Waals surface area contributed by atoms with Gasteiger partial charge in [0.15, 0.2) is 11.5 Å². The molecule has 0 atom stereocenters. The van der Waals surface area contributed by atoms with E-state index in [9.17, 15) is 5.26 Å². The summed E-state index contributed by atoms with van der Waals surface area (Å²) in [7, 11) is 1.58. The second kappa shape index (κ2) is 10.3. The van der Waals surface area contributed by atoms with Gasteiger partial charge in [-0.05, 0) is 68.2 Å². The fourth-order valence-corrected chi connectivity index (χ4v) is 4.66. The molecule has 0 fully saturated rings. The van der Waals surface area contributed by atoms with Crippen LogP contribution in [-0.4, -0.2) is 7.11 Å². The van der Waals surface area contributed by atoms with Crippen molar-refractivity contribution in [2.75, 3.05) is 7.11 Å². The van der Waals surface area contributed by atoms with Crippen LogP contribution in [0.15, 0.2) is 77.3 Å². The van der Waals surface area contributed by atoms with Gasteiger partial charge in [0.1, 0.15) is 6.61 Å². The molecule has 0 amide bonds. The van der Waals surface area contributed by atoms with Crippen LogP contribution in [0.1, 0.15) is 16.7 Å². The van der Waals surface area contributed by atoms with E-state index in [1.165, 1.54) is 0 Å². The third-order valence-corrected chi connectivity index (χ3v) is 6.29. The first-order valence-electron chi connectivity index (χ1n) is 10.0. The monoisotopic (exact) mass is 537 g/mol. The summed E-state index contributed by atoms with van der Waals surface area (Å²) in [5.74, 6) is 1.14. The highest BCUT2D eigenvalue weighted by molar-refractivity contribution is 9.10. The lowest BCUT2D eigenvalue weighted by molar-refractivity contribution is 0.283. The van der Waals surface area contributed by atoms with Crippen LogP contribution in [0.2, 0.25) is 10.0 Å². The van der Waals surface area contributed by atoms with Crippen LogP contribution in [0.3, 0.4) is 0 Å². The number of ether oxygens (including phenoxy) is 2. The molecule has 3 nitrogen and oxygen atoms in total. The topological polar surface area (TPSA) is 42.2 Å². The average Bonchev–Trinajstić information content (AvgIpc) is 2.82. The van der Waals surface area contributed by atoms with Gasteiger partial charge in [0.2, 0.25) is 0 Å². The summed E-state index contributed by atoms with van der Waals surface area (Å²) in [6.45, 7) is 0.384. The number of methoxy groups -OCH3 is 1. The summed E-state index contributed by atoms with van der Waals surface area (Å²) in [5, 5.41) is 12.9. The normalized spacial score (nSPS) is 11.3. The van der Waals surface area contributed by atoms with E-state index in [2.05, 4.69) is 46.3 Å². The van der Waals surface area contributed by atoms with E-state index in [1.54, 1.807) is 31.4 Å². The third-order valence-electron chi connectivity index (χ3n) is 5.16. The molecule has 0 aliphatic rings. The second-order valence-electron chi connectivity index (χ2n) is 7.26. The van der Waals surface area contributed by atoms with E-state index in [-0.39, 0.29) is 0 Å². The maximum absolute atomic E-state index is 9.70. The summed E-state index contributed by atoms with van der Waals surface area (Å²) in [6, 6.07) is 25.3. The van der Waals surface area contributed by atoms with E-state index >= 15 is 0 Å². The van der Waals surface area contributed by atoms with Crippen molar-refractivity contribution in [2.45, 2.75) is 6.61 Å². The van der Waals surface area contributed by atoms with Crippen LogP contribution < -0.4 is 9.47 Å². The molecule has 4 aromatic rings. The Bertz CT molecular complexity index is 1400. The minimum absolute atomic E-state index is 0.384. The first-order valence-corrected chi connectivity index (χ1v) is 11.6. The molecule has 0 aromatic heterocycles. The van der Waals surface area contributed by atoms with Gasteiger partial charge in [0, 0.05) is 10.6 Å². The average molecular weight is 539 g/mol. The number of allylic oxidation sites excluding steroid dienone is 1. The Balaban J connectivity index is 1.65. The van der Waals surface area contributed by atoms with Gasteiger partial charge >= 0.3 is 0 Å². The highest BCUT2D eigenvalue weighted by atomic mass is 79.9. The molecule has 4 rings (SSSR count). The number of benzene rings is 4. The van der Waals surface area contributed by atoms with E-state index in [0.717, 1.165) is 21.9 Å². The minimum Gasteiger partial charge on any atom is -0.493 e. The summed E-state index contributed by atoms with van der Waals surface area (Å²) in [4.78, 5) is 0. The van der Waals surface area contributed by atoms with Gasteiger partial charge in [-0.15, -0.1) is 0 Å². The van der Waals surface area contributed by atoms with Gasteiger partial charge in [-0.2, -0.15) is 5.26 Å². The lowest BCUT2D eigenvalue weighted by Gasteiger charge is -2.15. The van der Waals surface area contributed by atoms with Crippen LogP contribution in [0, 0.1) is 11.3 Å². The van der Waals surface area contributed by atoms with Crippen LogP contribution in [0.25, 0.3) is 22.4 Å². The molecule has 4 aromatic carbocycles. The molecule has 0 bridgehead atoms. The lowest BCUT2D eigenvalue weighted by atomic mass is 10.0. The van der Waals surface area contributed by atoms with E-state index in [4.69, 9.17) is 32.7 Å². The Morgan fingerprint density at radius 3 is 2.58 bits per heavy atom. The molecule has 0 aliphatic carbocycles. The number of halogens is 3. The molecule has 0 heterocycles. The number of nitrogens with zero attached hydrogens (tertiary/aromatic N) is 1. The Kier molecular flexibility index (Phi) is 7.25. The minimum atomic E-state index is 0.384. The van der Waals surface area contributed by atoms with Crippen LogP contribution in [0.5, 0.6) is 11.5 Å². The fourth-order valence-electron chi connectivity index (χ4n) is 3.58. The largest absolute Gasteiger partial charge is 0.493 e. The number of nitriles is 1. The molecule has 0 aliphatic heterocycles. The molecule has 0 spiro atoms. The van der Waals surface area contributed by atoms with E-state index < -0.39 is 0 Å². The van der Waals surface area contributed by atoms with Crippen molar-refractivity contribution < 1.29 is 9.47 Å². The maximum atomic E-state index is 9.70. The number of hydrogen-bond donors (Lipinski definition) is 0. The van der Waals surface area contributed by atoms with Crippen molar-refractivity contribution in [3.63, 3.8) is 0 Å². The zero-order chi connectivity index (χ0) is 23.4. The van der Waals surface area contributed by atoms with Gasteiger partial charge in [-0.1, -0.05) is 71.7 Å². The predicted molar refractivity (Wildman–Crippen MR) is 139 cm³/mol. The Morgan fingerprint density at radius 1 is 1.03 bits per heavy atom. The van der Waals surface area contributed by atoms with Gasteiger partial charge in [-0.3, -0.25) is 0 Å². The maximum Gasteiger partial charge on any atom is 0.175 e. The zero-order valence-corrected chi connectivity index (χ0v) is 20.7. The Labute approximate surface area is 210 Å². The smallest absolute Gasteiger partial charge is 0.175 e. The van der Waals surface area contributed by atoms with Gasteiger partial charge < -0.3 is 9.47 Å². The van der Waals surface area contributed by atoms with Crippen molar-refractivity contribution in [1.82, 2.24) is 0 Å². The van der Waals surface area contributed by atoms with Gasteiger partial charge in [-0.25, -0.2) is 0 Å². The molecule has 0 saturated carbocycles. The molecule has 0 saturated heterocycles. The zero-order valence-electron chi connectivity index (χ0n) is 17.6. The standard InChI is InChI=1S/C27H18BrCl2NO2/c1-32-26-13-17(11-20(15-31)23-10-9-21(29)14-25(23)30)12-24(28)27(26)33-16-19-7-4-6-18-5-2-3-8-22(18)19/h2-14H,16H2,1H3/b20-11+. The molecule has 6 heteroatoms. The van der Waals surface area contributed by atoms with Crippen molar-refractivity contribution >= 4 is 61.6 Å².